The molecule has 0 saturated heterocycles. The van der Waals surface area contributed by atoms with E-state index in [2.05, 4.69) is 15.7 Å². The van der Waals surface area contributed by atoms with Crippen molar-refractivity contribution in [3.05, 3.63) is 40.3 Å². The minimum Gasteiger partial charge on any atom is -0.354 e. The summed E-state index contributed by atoms with van der Waals surface area (Å²) in [5.41, 5.74) is 0.299. The van der Waals surface area contributed by atoms with Gasteiger partial charge in [-0.3, -0.25) is 14.4 Å². The van der Waals surface area contributed by atoms with E-state index >= 15 is 0 Å². The molecule has 0 saturated carbocycles. The van der Waals surface area contributed by atoms with Gasteiger partial charge in [-0.05, 0) is 19.4 Å². The maximum Gasteiger partial charge on any atom is 0.274 e. The number of amides is 2. The Hall–Kier alpha value is -2.70. The highest BCUT2D eigenvalue weighted by atomic mass is 16.2. The van der Waals surface area contributed by atoms with Gasteiger partial charge in [0.2, 0.25) is 11.8 Å². The van der Waals surface area contributed by atoms with E-state index in [0.717, 1.165) is 6.42 Å². The largest absolute Gasteiger partial charge is 0.354 e. The Balaban J connectivity index is 2.15. The molecule has 0 aliphatic heterocycles. The lowest BCUT2D eigenvalue weighted by Crippen LogP contribution is -2.45. The van der Waals surface area contributed by atoms with Gasteiger partial charge in [0.15, 0.2) is 0 Å². The van der Waals surface area contributed by atoms with Crippen molar-refractivity contribution in [3.63, 3.8) is 0 Å². The van der Waals surface area contributed by atoms with Crippen molar-refractivity contribution >= 4 is 22.6 Å². The molecular formula is C17H22N4O3. The Morgan fingerprint density at radius 1 is 1.25 bits per heavy atom. The summed E-state index contributed by atoms with van der Waals surface area (Å²) in [7, 11) is 1.55. The number of nitrogens with one attached hydrogen (secondary N) is 2. The van der Waals surface area contributed by atoms with E-state index in [1.165, 1.54) is 4.68 Å². The summed E-state index contributed by atoms with van der Waals surface area (Å²) in [6.45, 7) is 4.17. The molecule has 0 aliphatic rings. The number of carbonyl (C=O) groups is 2. The van der Waals surface area contributed by atoms with Gasteiger partial charge in [-0.1, -0.05) is 25.1 Å². The van der Waals surface area contributed by atoms with Crippen molar-refractivity contribution in [2.75, 3.05) is 6.54 Å². The summed E-state index contributed by atoms with van der Waals surface area (Å²) < 4.78 is 1.22. The maximum absolute atomic E-state index is 12.2. The number of fused-ring (bicyclic) bond motifs is 1. The Labute approximate surface area is 140 Å². The molecule has 0 spiro atoms. The highest BCUT2D eigenvalue weighted by Gasteiger charge is 2.17. The molecule has 2 aromatic rings. The first-order valence-electron chi connectivity index (χ1n) is 7.96. The molecule has 2 rings (SSSR count). The van der Waals surface area contributed by atoms with E-state index < -0.39 is 6.04 Å². The fourth-order valence-corrected chi connectivity index (χ4v) is 2.42. The predicted octanol–water partition coefficient (Wildman–Crippen LogP) is 0.507. The third-order valence-corrected chi connectivity index (χ3v) is 3.68. The van der Waals surface area contributed by atoms with Crippen LogP contribution < -0.4 is 16.2 Å². The van der Waals surface area contributed by atoms with Gasteiger partial charge in [0, 0.05) is 19.0 Å². The minimum absolute atomic E-state index is 0.0000309. The molecule has 1 aromatic heterocycles. The van der Waals surface area contributed by atoms with Gasteiger partial charge in [0.05, 0.1) is 17.5 Å². The molecule has 7 nitrogen and oxygen atoms in total. The third kappa shape index (κ3) is 3.98. The number of aromatic nitrogens is 2. The molecule has 24 heavy (non-hydrogen) atoms. The van der Waals surface area contributed by atoms with Crippen LogP contribution in [0, 0.1) is 0 Å². The number of rotatable bonds is 6. The molecule has 0 bridgehead atoms. The zero-order valence-electron chi connectivity index (χ0n) is 14.1. The average molecular weight is 330 g/mol. The van der Waals surface area contributed by atoms with Gasteiger partial charge in [0.1, 0.15) is 6.04 Å². The molecule has 0 fully saturated rings. The lowest BCUT2D eigenvalue weighted by Gasteiger charge is -2.14. The molecule has 0 aliphatic carbocycles. The summed E-state index contributed by atoms with van der Waals surface area (Å²) >= 11 is 0. The van der Waals surface area contributed by atoms with Crippen LogP contribution in [0.5, 0.6) is 0 Å². The second-order valence-electron chi connectivity index (χ2n) is 5.68. The lowest BCUT2D eigenvalue weighted by atomic mass is 10.1. The molecule has 1 heterocycles. The number of aryl methyl sites for hydroxylation is 1. The zero-order chi connectivity index (χ0) is 17.7. The van der Waals surface area contributed by atoms with Crippen LogP contribution in [0.15, 0.2) is 29.1 Å². The van der Waals surface area contributed by atoms with Crippen LogP contribution in [-0.4, -0.2) is 34.2 Å². The molecule has 128 valence electrons. The van der Waals surface area contributed by atoms with Crippen molar-refractivity contribution < 1.29 is 9.59 Å². The van der Waals surface area contributed by atoms with Crippen molar-refractivity contribution in [1.82, 2.24) is 20.4 Å². The Morgan fingerprint density at radius 3 is 2.58 bits per heavy atom. The summed E-state index contributed by atoms with van der Waals surface area (Å²) in [4.78, 5) is 36.1. The van der Waals surface area contributed by atoms with Crippen LogP contribution in [0.3, 0.4) is 0 Å². The molecule has 1 atom stereocenters. The number of carbonyl (C=O) groups excluding carboxylic acids is 2. The molecule has 1 aromatic carbocycles. The Morgan fingerprint density at radius 2 is 1.92 bits per heavy atom. The highest BCUT2D eigenvalue weighted by molar-refractivity contribution is 5.91. The normalized spacial score (nSPS) is 12.0. The van der Waals surface area contributed by atoms with Crippen molar-refractivity contribution in [3.8, 4) is 0 Å². The van der Waals surface area contributed by atoms with E-state index in [1.54, 1.807) is 38.2 Å². The van der Waals surface area contributed by atoms with Crippen LogP contribution in [0.1, 0.15) is 26.0 Å². The standard InChI is InChI=1S/C17H22N4O3/c1-4-9-18-16(23)11(2)19-15(22)10-14-12-7-5-6-8-13(12)17(24)21(3)20-14/h5-8,11H,4,9-10H2,1-3H3,(H,18,23)(H,19,22)/t11-/m0/s1. The van der Waals surface area contributed by atoms with Crippen LogP contribution in [0.4, 0.5) is 0 Å². The smallest absolute Gasteiger partial charge is 0.274 e. The summed E-state index contributed by atoms with van der Waals surface area (Å²) in [6.07, 6.45) is 0.834. The topological polar surface area (TPSA) is 93.1 Å². The predicted molar refractivity (Wildman–Crippen MR) is 91.6 cm³/mol. The van der Waals surface area contributed by atoms with Crippen LogP contribution in [0.2, 0.25) is 0 Å². The van der Waals surface area contributed by atoms with Crippen molar-refractivity contribution in [2.24, 2.45) is 7.05 Å². The monoisotopic (exact) mass is 330 g/mol. The third-order valence-electron chi connectivity index (χ3n) is 3.68. The van der Waals surface area contributed by atoms with Gasteiger partial charge in [-0.15, -0.1) is 0 Å². The maximum atomic E-state index is 12.2. The molecular weight excluding hydrogens is 308 g/mol. The van der Waals surface area contributed by atoms with E-state index in [0.29, 0.717) is 23.0 Å². The quantitative estimate of drug-likeness (QED) is 0.807. The molecule has 2 amide bonds. The van der Waals surface area contributed by atoms with E-state index in [9.17, 15) is 14.4 Å². The van der Waals surface area contributed by atoms with Crippen LogP contribution >= 0.6 is 0 Å². The first kappa shape index (κ1) is 17.7. The van der Waals surface area contributed by atoms with E-state index in [-0.39, 0.29) is 23.8 Å². The fraction of sp³-hybridized carbons (Fsp3) is 0.412. The lowest BCUT2D eigenvalue weighted by molar-refractivity contribution is -0.128. The number of hydrogen-bond donors (Lipinski definition) is 2. The molecule has 0 radical (unpaired) electrons. The minimum atomic E-state index is -0.622. The second kappa shape index (κ2) is 7.72. The van der Waals surface area contributed by atoms with Gasteiger partial charge < -0.3 is 10.6 Å². The van der Waals surface area contributed by atoms with Gasteiger partial charge in [0.25, 0.3) is 5.56 Å². The summed E-state index contributed by atoms with van der Waals surface area (Å²) in [6, 6.07) is 6.42. The average Bonchev–Trinajstić information content (AvgIpc) is 2.57. The molecule has 2 N–H and O–H groups in total. The highest BCUT2D eigenvalue weighted by Crippen LogP contribution is 2.13. The Bertz CT molecular complexity index is 813. The fourth-order valence-electron chi connectivity index (χ4n) is 2.42. The van der Waals surface area contributed by atoms with Gasteiger partial charge in [-0.2, -0.15) is 5.10 Å². The van der Waals surface area contributed by atoms with Gasteiger partial charge >= 0.3 is 0 Å². The summed E-state index contributed by atoms with van der Waals surface area (Å²) in [5.74, 6) is -0.533. The molecule has 0 unspecified atom stereocenters. The van der Waals surface area contributed by atoms with E-state index in [4.69, 9.17) is 0 Å². The number of hydrogen-bond acceptors (Lipinski definition) is 4. The number of nitrogens with zero attached hydrogens (tertiary/aromatic N) is 2. The van der Waals surface area contributed by atoms with Crippen molar-refractivity contribution in [2.45, 2.75) is 32.7 Å². The zero-order valence-corrected chi connectivity index (χ0v) is 14.1. The Kier molecular flexibility index (Phi) is 5.68. The number of benzene rings is 1. The van der Waals surface area contributed by atoms with Gasteiger partial charge in [-0.25, -0.2) is 4.68 Å². The van der Waals surface area contributed by atoms with Crippen molar-refractivity contribution in [1.29, 1.82) is 0 Å². The SMILES string of the molecule is CCCNC(=O)[C@H](C)NC(=O)Cc1nn(C)c(=O)c2ccccc12. The first-order valence-corrected chi connectivity index (χ1v) is 7.96. The molecule has 7 heteroatoms. The van der Waals surface area contributed by atoms with Crippen LogP contribution in [0.25, 0.3) is 10.8 Å². The second-order valence-corrected chi connectivity index (χ2v) is 5.68. The van der Waals surface area contributed by atoms with Crippen LogP contribution in [-0.2, 0) is 23.1 Å². The summed E-state index contributed by atoms with van der Waals surface area (Å²) in [5, 5.41) is 10.7. The first-order chi connectivity index (χ1) is 11.4. The van der Waals surface area contributed by atoms with E-state index in [1.807, 2.05) is 6.92 Å².